The van der Waals surface area contributed by atoms with E-state index in [1.54, 1.807) is 0 Å². The number of aliphatic hydroxyl groups is 1. The summed E-state index contributed by atoms with van der Waals surface area (Å²) in [7, 11) is 1.42. The van der Waals surface area contributed by atoms with E-state index in [0.717, 1.165) is 38.5 Å². The molecular formula is C21H34O4. The van der Waals surface area contributed by atoms with Crippen LogP contribution in [0.5, 0.6) is 0 Å². The first kappa shape index (κ1) is 21.7. The van der Waals surface area contributed by atoms with Crippen LogP contribution in [0.4, 0.5) is 0 Å². The molecule has 0 radical (unpaired) electrons. The van der Waals surface area contributed by atoms with Gasteiger partial charge in [-0.3, -0.25) is 4.79 Å². The van der Waals surface area contributed by atoms with Crippen LogP contribution in [0.25, 0.3) is 0 Å². The van der Waals surface area contributed by atoms with Crippen molar-refractivity contribution in [2.24, 2.45) is 0 Å². The standard InChI is InChI=1S/C21H34O4/c1-3-4-8-13-18(22)14-9-7-11-16-20-19(25-20)15-10-5-6-12-17-21(23)24-2/h5,7,9-11,14,18-20,22H,3-4,6,8,12-13,15-17H2,1-2H3/b10-5-,11-7-,14-9+/t18-,19-,20+/m1/s1. The van der Waals surface area contributed by atoms with Crippen LogP contribution in [0.15, 0.2) is 36.5 Å². The van der Waals surface area contributed by atoms with Crippen molar-refractivity contribution < 1.29 is 19.4 Å². The first-order valence-corrected chi connectivity index (χ1v) is 9.56. The van der Waals surface area contributed by atoms with E-state index in [1.807, 2.05) is 18.2 Å². The molecule has 1 aliphatic rings. The Balaban J connectivity index is 2.00. The van der Waals surface area contributed by atoms with Crippen molar-refractivity contribution in [3.05, 3.63) is 36.5 Å². The molecular weight excluding hydrogens is 316 g/mol. The number of carbonyl (C=O) groups excluding carboxylic acids is 1. The molecule has 1 rings (SSSR count). The lowest BCUT2D eigenvalue weighted by Gasteiger charge is -2.02. The summed E-state index contributed by atoms with van der Waals surface area (Å²) < 4.78 is 10.2. The third kappa shape index (κ3) is 11.7. The largest absolute Gasteiger partial charge is 0.469 e. The molecule has 4 nitrogen and oxygen atoms in total. The summed E-state index contributed by atoms with van der Waals surface area (Å²) in [4.78, 5) is 11.0. The van der Waals surface area contributed by atoms with Gasteiger partial charge in [-0.15, -0.1) is 0 Å². The molecule has 25 heavy (non-hydrogen) atoms. The van der Waals surface area contributed by atoms with Crippen molar-refractivity contribution in [1.82, 2.24) is 0 Å². The molecule has 1 N–H and O–H groups in total. The van der Waals surface area contributed by atoms with Crippen molar-refractivity contribution in [2.75, 3.05) is 7.11 Å². The van der Waals surface area contributed by atoms with Crippen LogP contribution in [0, 0.1) is 0 Å². The van der Waals surface area contributed by atoms with Gasteiger partial charge in [0.2, 0.25) is 0 Å². The molecule has 0 amide bonds. The second kappa shape index (κ2) is 13.9. The maximum absolute atomic E-state index is 11.0. The number of esters is 1. The topological polar surface area (TPSA) is 59.1 Å². The summed E-state index contributed by atoms with van der Waals surface area (Å²) in [6.45, 7) is 2.17. The summed E-state index contributed by atoms with van der Waals surface area (Å²) >= 11 is 0. The first-order chi connectivity index (χ1) is 12.2. The zero-order valence-electron chi connectivity index (χ0n) is 15.7. The molecule has 0 aromatic rings. The van der Waals surface area contributed by atoms with Gasteiger partial charge in [-0.25, -0.2) is 0 Å². The van der Waals surface area contributed by atoms with Crippen molar-refractivity contribution in [3.8, 4) is 0 Å². The molecule has 0 bridgehead atoms. The third-order valence-corrected chi connectivity index (χ3v) is 4.25. The van der Waals surface area contributed by atoms with Gasteiger partial charge in [-0.2, -0.15) is 0 Å². The predicted octanol–water partition coefficient (Wildman–Crippen LogP) is 4.49. The minimum Gasteiger partial charge on any atom is -0.469 e. The number of hydrogen-bond acceptors (Lipinski definition) is 4. The minimum absolute atomic E-state index is 0.145. The number of carbonyl (C=O) groups is 1. The Kier molecular flexibility index (Phi) is 12.0. The van der Waals surface area contributed by atoms with Gasteiger partial charge in [0.25, 0.3) is 0 Å². The Bertz CT molecular complexity index is 439. The lowest BCUT2D eigenvalue weighted by Crippen LogP contribution is -2.00. The third-order valence-electron chi connectivity index (χ3n) is 4.25. The van der Waals surface area contributed by atoms with E-state index in [4.69, 9.17) is 4.74 Å². The highest BCUT2D eigenvalue weighted by Crippen LogP contribution is 2.29. The van der Waals surface area contributed by atoms with Crippen LogP contribution in [0.2, 0.25) is 0 Å². The SMILES string of the molecule is CCCCC[C@@H](O)/C=C/C=C\C[C@@H]1O[C@@H]1C/C=C\CCCC(=O)OC. The van der Waals surface area contributed by atoms with Gasteiger partial charge in [0.15, 0.2) is 0 Å². The predicted molar refractivity (Wildman–Crippen MR) is 101 cm³/mol. The monoisotopic (exact) mass is 350 g/mol. The number of unbranched alkanes of at least 4 members (excludes halogenated alkanes) is 3. The summed E-state index contributed by atoms with van der Waals surface area (Å²) in [6.07, 6.45) is 20.8. The number of allylic oxidation sites excluding steroid dienone is 3. The molecule has 1 aliphatic heterocycles. The molecule has 0 aliphatic carbocycles. The zero-order valence-corrected chi connectivity index (χ0v) is 15.7. The quantitative estimate of drug-likeness (QED) is 0.165. The second-order valence-corrected chi connectivity index (χ2v) is 6.50. The van der Waals surface area contributed by atoms with Gasteiger partial charge in [0.1, 0.15) is 0 Å². The van der Waals surface area contributed by atoms with Crippen LogP contribution < -0.4 is 0 Å². The van der Waals surface area contributed by atoms with E-state index < -0.39 is 0 Å². The molecule has 142 valence electrons. The molecule has 0 aromatic carbocycles. The number of hydrogen-bond donors (Lipinski definition) is 1. The van der Waals surface area contributed by atoms with Crippen LogP contribution >= 0.6 is 0 Å². The summed E-state index contributed by atoms with van der Waals surface area (Å²) in [5.74, 6) is -0.145. The Morgan fingerprint density at radius 1 is 1.12 bits per heavy atom. The molecule has 0 saturated carbocycles. The summed E-state index contributed by atoms with van der Waals surface area (Å²) in [6, 6.07) is 0. The van der Waals surface area contributed by atoms with Crippen LogP contribution in [-0.4, -0.2) is 36.5 Å². The maximum Gasteiger partial charge on any atom is 0.305 e. The van der Waals surface area contributed by atoms with Crippen LogP contribution in [0.3, 0.4) is 0 Å². The van der Waals surface area contributed by atoms with E-state index in [1.165, 1.54) is 20.0 Å². The Morgan fingerprint density at radius 2 is 1.88 bits per heavy atom. The number of methoxy groups -OCH3 is 1. The first-order valence-electron chi connectivity index (χ1n) is 9.56. The lowest BCUT2D eigenvalue weighted by atomic mass is 10.1. The van der Waals surface area contributed by atoms with E-state index in [9.17, 15) is 9.90 Å². The van der Waals surface area contributed by atoms with Gasteiger partial charge >= 0.3 is 5.97 Å². The molecule has 1 saturated heterocycles. The molecule has 0 unspecified atom stereocenters. The number of aliphatic hydroxyl groups excluding tert-OH is 1. The number of epoxide rings is 1. The van der Waals surface area contributed by atoms with Crippen LogP contribution in [-0.2, 0) is 14.3 Å². The number of rotatable bonds is 14. The highest BCUT2D eigenvalue weighted by Gasteiger charge is 2.35. The van der Waals surface area contributed by atoms with Crippen molar-refractivity contribution in [1.29, 1.82) is 0 Å². The average molecular weight is 350 g/mol. The van der Waals surface area contributed by atoms with Gasteiger partial charge in [0.05, 0.1) is 25.4 Å². The van der Waals surface area contributed by atoms with E-state index >= 15 is 0 Å². The zero-order chi connectivity index (χ0) is 18.3. The molecule has 0 spiro atoms. The molecule has 1 heterocycles. The van der Waals surface area contributed by atoms with Crippen molar-refractivity contribution in [3.63, 3.8) is 0 Å². The van der Waals surface area contributed by atoms with Crippen molar-refractivity contribution in [2.45, 2.75) is 83.0 Å². The normalized spacial score (nSPS) is 21.4. The molecule has 1 fully saturated rings. The minimum atomic E-state index is -0.328. The van der Waals surface area contributed by atoms with Crippen molar-refractivity contribution >= 4 is 5.97 Å². The smallest absolute Gasteiger partial charge is 0.305 e. The number of ether oxygens (including phenoxy) is 2. The van der Waals surface area contributed by atoms with Crippen LogP contribution in [0.1, 0.15) is 64.7 Å². The summed E-state index contributed by atoms with van der Waals surface area (Å²) in [5, 5.41) is 9.76. The molecule has 0 aromatic heterocycles. The fraction of sp³-hybridized carbons (Fsp3) is 0.667. The van der Waals surface area contributed by atoms with Gasteiger partial charge in [0, 0.05) is 6.42 Å². The Labute approximate surface area is 152 Å². The average Bonchev–Trinajstić information content (AvgIpc) is 3.35. The second-order valence-electron chi connectivity index (χ2n) is 6.50. The van der Waals surface area contributed by atoms with E-state index in [2.05, 4.69) is 29.9 Å². The summed E-state index contributed by atoms with van der Waals surface area (Å²) in [5.41, 5.74) is 0. The van der Waals surface area contributed by atoms with Gasteiger partial charge in [-0.1, -0.05) is 62.6 Å². The highest BCUT2D eigenvalue weighted by atomic mass is 16.6. The van der Waals surface area contributed by atoms with E-state index in [0.29, 0.717) is 18.6 Å². The van der Waals surface area contributed by atoms with Gasteiger partial charge < -0.3 is 14.6 Å². The lowest BCUT2D eigenvalue weighted by molar-refractivity contribution is -0.140. The van der Waals surface area contributed by atoms with E-state index in [-0.39, 0.29) is 12.1 Å². The maximum atomic E-state index is 11.0. The fourth-order valence-electron chi connectivity index (χ4n) is 2.59. The molecule has 3 atom stereocenters. The Morgan fingerprint density at radius 3 is 2.60 bits per heavy atom. The highest BCUT2D eigenvalue weighted by molar-refractivity contribution is 5.69. The molecule has 4 heteroatoms. The van der Waals surface area contributed by atoms with Gasteiger partial charge in [-0.05, 0) is 32.1 Å². The Hall–Kier alpha value is -1.39. The fourth-order valence-corrected chi connectivity index (χ4v) is 2.59.